The first-order valence-corrected chi connectivity index (χ1v) is 8.07. The third-order valence-electron chi connectivity index (χ3n) is 4.68. The van der Waals surface area contributed by atoms with Crippen molar-refractivity contribution in [3.63, 3.8) is 0 Å². The molecule has 1 atom stereocenters. The molecule has 2 aromatic heterocycles. The number of rotatable bonds is 3. The molecule has 1 fully saturated rings. The number of para-hydroxylation sites is 1. The van der Waals surface area contributed by atoms with Crippen LogP contribution in [-0.4, -0.2) is 27.3 Å². The number of aromatic nitrogens is 2. The van der Waals surface area contributed by atoms with E-state index < -0.39 is 0 Å². The number of H-pyrrole nitrogens is 1. The summed E-state index contributed by atoms with van der Waals surface area (Å²) in [7, 11) is 0. The number of pyridine rings is 1. The van der Waals surface area contributed by atoms with E-state index in [0.29, 0.717) is 6.42 Å². The van der Waals surface area contributed by atoms with Crippen molar-refractivity contribution in [3.8, 4) is 0 Å². The maximum absolute atomic E-state index is 12.8. The van der Waals surface area contributed by atoms with E-state index in [4.69, 9.17) is 0 Å². The predicted octanol–water partition coefficient (Wildman–Crippen LogP) is 3.47. The van der Waals surface area contributed by atoms with Gasteiger partial charge >= 0.3 is 0 Å². The van der Waals surface area contributed by atoms with Gasteiger partial charge in [-0.05, 0) is 42.2 Å². The second-order valence-corrected chi connectivity index (χ2v) is 6.06. The summed E-state index contributed by atoms with van der Waals surface area (Å²) < 4.78 is 0. The number of fused-ring (bicyclic) bond motifs is 1. The van der Waals surface area contributed by atoms with Crippen molar-refractivity contribution >= 4 is 16.8 Å². The molecule has 0 spiro atoms. The second kappa shape index (κ2) is 5.88. The fourth-order valence-corrected chi connectivity index (χ4v) is 3.54. The number of benzene rings is 1. The van der Waals surface area contributed by atoms with Gasteiger partial charge in [0.2, 0.25) is 5.91 Å². The van der Waals surface area contributed by atoms with Crippen LogP contribution in [0.4, 0.5) is 0 Å². The van der Waals surface area contributed by atoms with Gasteiger partial charge in [0.15, 0.2) is 0 Å². The van der Waals surface area contributed by atoms with E-state index in [1.807, 2.05) is 41.4 Å². The number of carbonyl (C=O) groups excluding carboxylic acids is 1. The molecule has 3 heterocycles. The third kappa shape index (κ3) is 2.61. The van der Waals surface area contributed by atoms with Crippen LogP contribution in [0.1, 0.15) is 30.0 Å². The number of nitrogens with zero attached hydrogens (tertiary/aromatic N) is 2. The maximum atomic E-state index is 12.8. The standard InChI is InChI=1S/C19H19N3O/c23-19(12-15-13-21-17-5-2-1-4-16(15)17)22-11-3-6-18(22)14-7-9-20-10-8-14/h1-2,4-5,7-10,13,18,21H,3,6,11-12H2/t18-/m1/s1. The quantitative estimate of drug-likeness (QED) is 0.805. The van der Waals surface area contributed by atoms with Gasteiger partial charge in [-0.2, -0.15) is 0 Å². The first kappa shape index (κ1) is 14.0. The molecule has 4 nitrogen and oxygen atoms in total. The Labute approximate surface area is 135 Å². The lowest BCUT2D eigenvalue weighted by atomic mass is 10.1. The average Bonchev–Trinajstić information content (AvgIpc) is 3.23. The zero-order valence-corrected chi connectivity index (χ0v) is 12.9. The number of likely N-dealkylation sites (tertiary alicyclic amines) is 1. The van der Waals surface area contributed by atoms with Crippen molar-refractivity contribution in [1.82, 2.24) is 14.9 Å². The molecule has 1 aliphatic rings. The summed E-state index contributed by atoms with van der Waals surface area (Å²) in [4.78, 5) is 22.2. The first-order chi connectivity index (χ1) is 11.3. The van der Waals surface area contributed by atoms with Crippen LogP contribution < -0.4 is 0 Å². The lowest BCUT2D eigenvalue weighted by Crippen LogP contribution is -2.31. The molecule has 1 N–H and O–H groups in total. The fourth-order valence-electron chi connectivity index (χ4n) is 3.54. The minimum Gasteiger partial charge on any atom is -0.361 e. The van der Waals surface area contributed by atoms with Crippen molar-refractivity contribution in [1.29, 1.82) is 0 Å². The highest BCUT2D eigenvalue weighted by Crippen LogP contribution is 2.32. The van der Waals surface area contributed by atoms with E-state index in [1.165, 1.54) is 5.56 Å². The molecular weight excluding hydrogens is 286 g/mol. The van der Waals surface area contributed by atoms with E-state index in [-0.39, 0.29) is 11.9 Å². The molecule has 0 unspecified atom stereocenters. The van der Waals surface area contributed by atoms with Crippen LogP contribution in [0.2, 0.25) is 0 Å². The summed E-state index contributed by atoms with van der Waals surface area (Å²) in [5.74, 6) is 0.203. The monoisotopic (exact) mass is 305 g/mol. The minimum atomic E-state index is 0.190. The highest BCUT2D eigenvalue weighted by Gasteiger charge is 2.30. The molecule has 116 valence electrons. The van der Waals surface area contributed by atoms with Crippen LogP contribution in [0.5, 0.6) is 0 Å². The van der Waals surface area contributed by atoms with E-state index >= 15 is 0 Å². The zero-order valence-electron chi connectivity index (χ0n) is 12.9. The van der Waals surface area contributed by atoms with Gasteiger partial charge in [-0.3, -0.25) is 9.78 Å². The summed E-state index contributed by atoms with van der Waals surface area (Å²) in [6, 6.07) is 12.3. The van der Waals surface area contributed by atoms with E-state index in [0.717, 1.165) is 35.9 Å². The van der Waals surface area contributed by atoms with E-state index in [9.17, 15) is 4.79 Å². The number of hydrogen-bond acceptors (Lipinski definition) is 2. The smallest absolute Gasteiger partial charge is 0.227 e. The Morgan fingerprint density at radius 3 is 2.91 bits per heavy atom. The summed E-state index contributed by atoms with van der Waals surface area (Å²) in [5.41, 5.74) is 3.35. The van der Waals surface area contributed by atoms with Gasteiger partial charge in [-0.1, -0.05) is 18.2 Å². The molecule has 3 aromatic rings. The summed E-state index contributed by atoms with van der Waals surface area (Å²) >= 11 is 0. The molecule has 23 heavy (non-hydrogen) atoms. The number of aromatic amines is 1. The van der Waals surface area contributed by atoms with Gasteiger partial charge in [0.1, 0.15) is 0 Å². The Morgan fingerprint density at radius 1 is 1.22 bits per heavy atom. The summed E-state index contributed by atoms with van der Waals surface area (Å²) in [6.45, 7) is 0.841. The molecule has 4 rings (SSSR count). The van der Waals surface area contributed by atoms with Crippen molar-refractivity contribution in [2.24, 2.45) is 0 Å². The van der Waals surface area contributed by atoms with Gasteiger partial charge < -0.3 is 9.88 Å². The lowest BCUT2D eigenvalue weighted by Gasteiger charge is -2.25. The Kier molecular flexibility index (Phi) is 3.58. The minimum absolute atomic E-state index is 0.190. The normalized spacial score (nSPS) is 17.7. The molecule has 1 amide bonds. The highest BCUT2D eigenvalue weighted by atomic mass is 16.2. The van der Waals surface area contributed by atoms with Crippen LogP contribution in [0, 0.1) is 0 Å². The summed E-state index contributed by atoms with van der Waals surface area (Å²) in [6.07, 6.45) is 8.11. The number of amides is 1. The molecule has 0 radical (unpaired) electrons. The molecule has 4 heteroatoms. The predicted molar refractivity (Wildman–Crippen MR) is 89.9 cm³/mol. The SMILES string of the molecule is O=C(Cc1c[nH]c2ccccc12)N1CCC[C@@H]1c1ccncc1. The van der Waals surface area contributed by atoms with Gasteiger partial charge in [-0.25, -0.2) is 0 Å². The van der Waals surface area contributed by atoms with Crippen LogP contribution in [0.25, 0.3) is 10.9 Å². The van der Waals surface area contributed by atoms with Crippen molar-refractivity contribution in [3.05, 3.63) is 66.1 Å². The average molecular weight is 305 g/mol. The highest BCUT2D eigenvalue weighted by molar-refractivity contribution is 5.89. The molecule has 1 saturated heterocycles. The van der Waals surface area contributed by atoms with E-state index in [2.05, 4.69) is 16.0 Å². The second-order valence-electron chi connectivity index (χ2n) is 6.06. The van der Waals surface area contributed by atoms with Crippen LogP contribution >= 0.6 is 0 Å². The molecule has 1 aromatic carbocycles. The van der Waals surface area contributed by atoms with Gasteiger partial charge in [0, 0.05) is 36.0 Å². The first-order valence-electron chi connectivity index (χ1n) is 8.07. The molecular formula is C19H19N3O. The summed E-state index contributed by atoms with van der Waals surface area (Å²) in [5, 5.41) is 1.14. The van der Waals surface area contributed by atoms with Crippen LogP contribution in [-0.2, 0) is 11.2 Å². The topological polar surface area (TPSA) is 49.0 Å². The number of hydrogen-bond donors (Lipinski definition) is 1. The molecule has 1 aliphatic heterocycles. The van der Waals surface area contributed by atoms with Crippen molar-refractivity contribution in [2.75, 3.05) is 6.54 Å². The van der Waals surface area contributed by atoms with Crippen molar-refractivity contribution < 1.29 is 4.79 Å². The lowest BCUT2D eigenvalue weighted by molar-refractivity contribution is -0.131. The Hall–Kier alpha value is -2.62. The zero-order chi connectivity index (χ0) is 15.6. The van der Waals surface area contributed by atoms with Gasteiger partial charge in [-0.15, -0.1) is 0 Å². The molecule has 0 bridgehead atoms. The Bertz CT molecular complexity index is 825. The Morgan fingerprint density at radius 2 is 2.04 bits per heavy atom. The van der Waals surface area contributed by atoms with Crippen LogP contribution in [0.3, 0.4) is 0 Å². The maximum Gasteiger partial charge on any atom is 0.227 e. The van der Waals surface area contributed by atoms with Gasteiger partial charge in [0.05, 0.1) is 12.5 Å². The number of nitrogens with one attached hydrogen (secondary N) is 1. The molecule has 0 saturated carbocycles. The third-order valence-corrected chi connectivity index (χ3v) is 4.68. The van der Waals surface area contributed by atoms with Crippen LogP contribution in [0.15, 0.2) is 55.0 Å². The molecule has 0 aliphatic carbocycles. The van der Waals surface area contributed by atoms with Crippen molar-refractivity contribution in [2.45, 2.75) is 25.3 Å². The largest absolute Gasteiger partial charge is 0.361 e. The number of carbonyl (C=O) groups is 1. The van der Waals surface area contributed by atoms with E-state index in [1.54, 1.807) is 12.4 Å². The fraction of sp³-hybridized carbons (Fsp3) is 0.263. The Balaban J connectivity index is 1.56. The van der Waals surface area contributed by atoms with Gasteiger partial charge in [0.25, 0.3) is 0 Å².